The normalized spacial score (nSPS) is 16.9. The smallest absolute Gasteiger partial charge is 0.128 e. The summed E-state index contributed by atoms with van der Waals surface area (Å²) in [6.07, 6.45) is 4.95. The Bertz CT molecular complexity index is 1140. The molecular formula is C28H30N4O2. The fourth-order valence-corrected chi connectivity index (χ4v) is 4.74. The number of aliphatic hydroxyl groups excluding tert-OH is 1. The van der Waals surface area contributed by atoms with Crippen molar-refractivity contribution in [1.29, 1.82) is 0 Å². The van der Waals surface area contributed by atoms with E-state index in [-0.39, 0.29) is 12.6 Å². The minimum atomic E-state index is -0.552. The molecule has 0 amide bonds. The summed E-state index contributed by atoms with van der Waals surface area (Å²) in [7, 11) is 0. The highest BCUT2D eigenvalue weighted by atomic mass is 16.5. The lowest BCUT2D eigenvalue weighted by Gasteiger charge is -2.40. The molecule has 2 atom stereocenters. The summed E-state index contributed by atoms with van der Waals surface area (Å²) in [5.41, 5.74) is 3.45. The van der Waals surface area contributed by atoms with Crippen LogP contribution in [-0.4, -0.2) is 70.3 Å². The number of benzene rings is 2. The Morgan fingerprint density at radius 2 is 1.56 bits per heavy atom. The minimum Gasteiger partial charge on any atom is -0.490 e. The highest BCUT2D eigenvalue weighted by Gasteiger charge is 2.27. The summed E-state index contributed by atoms with van der Waals surface area (Å²) in [6.45, 7) is 4.54. The van der Waals surface area contributed by atoms with Gasteiger partial charge in [-0.2, -0.15) is 0 Å². The number of ether oxygens (including phenoxy) is 1. The Hall–Kier alpha value is -3.32. The van der Waals surface area contributed by atoms with Crippen molar-refractivity contribution in [2.75, 3.05) is 39.3 Å². The molecule has 1 aliphatic heterocycles. The van der Waals surface area contributed by atoms with Gasteiger partial charge in [-0.1, -0.05) is 36.4 Å². The van der Waals surface area contributed by atoms with Gasteiger partial charge in [0.1, 0.15) is 18.5 Å². The van der Waals surface area contributed by atoms with E-state index in [1.54, 1.807) is 6.20 Å². The third-order valence-electron chi connectivity index (χ3n) is 6.42. The Balaban J connectivity index is 1.17. The summed E-state index contributed by atoms with van der Waals surface area (Å²) >= 11 is 0. The van der Waals surface area contributed by atoms with Crippen molar-refractivity contribution >= 4 is 10.9 Å². The van der Waals surface area contributed by atoms with E-state index in [2.05, 4.69) is 62.2 Å². The fourth-order valence-electron chi connectivity index (χ4n) is 4.74. The molecule has 6 heteroatoms. The van der Waals surface area contributed by atoms with E-state index < -0.39 is 6.10 Å². The number of nitrogens with zero attached hydrogens (tertiary/aromatic N) is 4. The van der Waals surface area contributed by atoms with Crippen molar-refractivity contribution in [3.63, 3.8) is 0 Å². The number of aromatic nitrogens is 2. The van der Waals surface area contributed by atoms with Crippen molar-refractivity contribution in [2.24, 2.45) is 0 Å². The molecule has 34 heavy (non-hydrogen) atoms. The topological polar surface area (TPSA) is 61.7 Å². The lowest BCUT2D eigenvalue weighted by Crippen LogP contribution is -2.50. The molecule has 1 fully saturated rings. The van der Waals surface area contributed by atoms with E-state index in [1.165, 1.54) is 11.1 Å². The van der Waals surface area contributed by atoms with Crippen LogP contribution in [0.15, 0.2) is 91.4 Å². The number of hydrogen-bond acceptors (Lipinski definition) is 6. The van der Waals surface area contributed by atoms with Gasteiger partial charge in [-0.05, 0) is 47.5 Å². The molecular weight excluding hydrogens is 424 g/mol. The van der Waals surface area contributed by atoms with Crippen LogP contribution in [0.2, 0.25) is 0 Å². The SMILES string of the molecule is OC(COc1cccc2ncccc12)CN1CCN(C(c2ccccc2)c2ccncc2)CC1. The molecule has 5 rings (SSSR count). The molecule has 1 N–H and O–H groups in total. The first kappa shape index (κ1) is 22.5. The van der Waals surface area contributed by atoms with Crippen LogP contribution in [0.1, 0.15) is 17.2 Å². The van der Waals surface area contributed by atoms with E-state index in [4.69, 9.17) is 4.74 Å². The van der Waals surface area contributed by atoms with Crippen molar-refractivity contribution in [3.8, 4) is 5.75 Å². The van der Waals surface area contributed by atoms with Crippen molar-refractivity contribution in [1.82, 2.24) is 19.8 Å². The average molecular weight is 455 g/mol. The fraction of sp³-hybridized carbons (Fsp3) is 0.286. The zero-order chi connectivity index (χ0) is 23.2. The van der Waals surface area contributed by atoms with Gasteiger partial charge in [-0.15, -0.1) is 0 Å². The third kappa shape index (κ3) is 5.25. The molecule has 2 aromatic carbocycles. The molecule has 1 aliphatic rings. The standard InChI is InChI=1S/C28H30N4O2/c33-24(21-34-27-10-4-9-26-25(27)8-5-13-30-26)20-31-16-18-32(19-17-31)28(22-6-2-1-3-7-22)23-11-14-29-15-12-23/h1-15,24,28,33H,16-21H2. The van der Waals surface area contributed by atoms with Crippen LogP contribution in [-0.2, 0) is 0 Å². The van der Waals surface area contributed by atoms with Crippen LogP contribution in [0, 0.1) is 0 Å². The van der Waals surface area contributed by atoms with Gasteiger partial charge in [0.2, 0.25) is 0 Å². The Morgan fingerprint density at radius 3 is 2.35 bits per heavy atom. The average Bonchev–Trinajstić information content (AvgIpc) is 2.90. The first-order valence-electron chi connectivity index (χ1n) is 11.8. The predicted octanol–water partition coefficient (Wildman–Crippen LogP) is 3.78. The van der Waals surface area contributed by atoms with Crippen molar-refractivity contribution in [3.05, 3.63) is 103 Å². The zero-order valence-corrected chi connectivity index (χ0v) is 19.2. The second-order valence-corrected chi connectivity index (χ2v) is 8.72. The molecule has 0 bridgehead atoms. The second kappa shape index (κ2) is 10.7. The summed E-state index contributed by atoms with van der Waals surface area (Å²) < 4.78 is 5.96. The largest absolute Gasteiger partial charge is 0.490 e. The van der Waals surface area contributed by atoms with E-state index in [9.17, 15) is 5.11 Å². The highest BCUT2D eigenvalue weighted by Crippen LogP contribution is 2.29. The van der Waals surface area contributed by atoms with Crippen LogP contribution >= 0.6 is 0 Å². The summed E-state index contributed by atoms with van der Waals surface area (Å²) in [4.78, 5) is 13.4. The molecule has 4 aromatic rings. The molecule has 0 saturated carbocycles. The Kier molecular flexibility index (Phi) is 7.10. The number of piperazine rings is 1. The Morgan fingerprint density at radius 1 is 0.794 bits per heavy atom. The number of aliphatic hydroxyl groups is 1. The van der Waals surface area contributed by atoms with Crippen LogP contribution in [0.5, 0.6) is 5.75 Å². The molecule has 0 aliphatic carbocycles. The van der Waals surface area contributed by atoms with E-state index in [0.717, 1.165) is 42.8 Å². The molecule has 6 nitrogen and oxygen atoms in total. The molecule has 2 aromatic heterocycles. The molecule has 2 unspecified atom stereocenters. The van der Waals surface area contributed by atoms with Gasteiger partial charge in [-0.25, -0.2) is 0 Å². The van der Waals surface area contributed by atoms with E-state index >= 15 is 0 Å². The lowest BCUT2D eigenvalue weighted by atomic mass is 9.97. The lowest BCUT2D eigenvalue weighted by molar-refractivity contribution is 0.0404. The minimum absolute atomic E-state index is 0.208. The van der Waals surface area contributed by atoms with Gasteiger partial charge in [0.15, 0.2) is 0 Å². The first-order chi connectivity index (χ1) is 16.8. The van der Waals surface area contributed by atoms with E-state index in [1.807, 2.05) is 42.7 Å². The van der Waals surface area contributed by atoms with Gasteiger partial charge in [-0.3, -0.25) is 19.8 Å². The highest BCUT2D eigenvalue weighted by molar-refractivity contribution is 5.84. The number of β-amino-alcohol motifs (C(OH)–C–C–N with tert-alkyl or cyclic N) is 1. The maximum Gasteiger partial charge on any atom is 0.128 e. The number of pyridine rings is 2. The number of hydrogen-bond donors (Lipinski definition) is 1. The van der Waals surface area contributed by atoms with Crippen molar-refractivity contribution in [2.45, 2.75) is 12.1 Å². The summed E-state index contributed by atoms with van der Waals surface area (Å²) in [5, 5.41) is 11.6. The van der Waals surface area contributed by atoms with Crippen LogP contribution in [0.3, 0.4) is 0 Å². The van der Waals surface area contributed by atoms with Crippen LogP contribution < -0.4 is 4.74 Å². The summed E-state index contributed by atoms with van der Waals surface area (Å²) in [6, 6.07) is 24.8. The predicted molar refractivity (Wildman–Crippen MR) is 134 cm³/mol. The monoisotopic (exact) mass is 454 g/mol. The maximum atomic E-state index is 10.7. The molecule has 0 spiro atoms. The van der Waals surface area contributed by atoms with Gasteiger partial charge in [0.05, 0.1) is 11.6 Å². The summed E-state index contributed by atoms with van der Waals surface area (Å²) in [5.74, 6) is 0.762. The second-order valence-electron chi connectivity index (χ2n) is 8.72. The van der Waals surface area contributed by atoms with Gasteiger partial charge >= 0.3 is 0 Å². The number of rotatable bonds is 8. The molecule has 0 radical (unpaired) electrons. The zero-order valence-electron chi connectivity index (χ0n) is 19.2. The van der Waals surface area contributed by atoms with Gasteiger partial charge in [0, 0.05) is 56.7 Å². The van der Waals surface area contributed by atoms with Crippen molar-refractivity contribution < 1.29 is 9.84 Å². The third-order valence-corrected chi connectivity index (χ3v) is 6.42. The number of fused-ring (bicyclic) bond motifs is 1. The van der Waals surface area contributed by atoms with E-state index in [0.29, 0.717) is 6.54 Å². The first-order valence-corrected chi connectivity index (χ1v) is 11.8. The quantitative estimate of drug-likeness (QED) is 0.437. The van der Waals surface area contributed by atoms with Crippen LogP contribution in [0.25, 0.3) is 10.9 Å². The Labute approximate surface area is 200 Å². The molecule has 3 heterocycles. The van der Waals surface area contributed by atoms with Crippen LogP contribution in [0.4, 0.5) is 0 Å². The van der Waals surface area contributed by atoms with Gasteiger partial charge < -0.3 is 9.84 Å². The molecule has 174 valence electrons. The maximum absolute atomic E-state index is 10.7. The van der Waals surface area contributed by atoms with Gasteiger partial charge in [0.25, 0.3) is 0 Å². The molecule has 1 saturated heterocycles.